The molecule has 0 aliphatic carbocycles. The van der Waals surface area contributed by atoms with Crippen LogP contribution < -0.4 is 0 Å². The molecular formula is C28H58O10. The zero-order chi connectivity index (χ0) is 27.8. The first-order valence-corrected chi connectivity index (χ1v) is 14.5. The molecule has 0 amide bonds. The fourth-order valence-electron chi connectivity index (χ4n) is 2.68. The quantitative estimate of drug-likeness (QED) is 0.113. The van der Waals surface area contributed by atoms with Gasteiger partial charge in [0.1, 0.15) is 0 Å². The minimum Gasteiger partial charge on any atom is -0.379 e. The largest absolute Gasteiger partial charge is 0.379 e. The van der Waals surface area contributed by atoms with Crippen LogP contribution in [0, 0.1) is 11.8 Å². The molecule has 10 heteroatoms. The van der Waals surface area contributed by atoms with E-state index in [1.54, 1.807) is 0 Å². The highest BCUT2D eigenvalue weighted by Crippen LogP contribution is 2.00. The highest BCUT2D eigenvalue weighted by Gasteiger charge is 1.99. The number of hydrogen-bond donors (Lipinski definition) is 0. The highest BCUT2D eigenvalue weighted by molar-refractivity contribution is 4.47. The number of ether oxygens (including phenoxy) is 10. The van der Waals surface area contributed by atoms with Crippen molar-refractivity contribution in [2.45, 2.75) is 40.5 Å². The van der Waals surface area contributed by atoms with E-state index < -0.39 is 0 Å². The van der Waals surface area contributed by atoms with Crippen LogP contribution in [-0.4, -0.2) is 132 Å². The van der Waals surface area contributed by atoms with Crippen LogP contribution in [-0.2, 0) is 47.4 Å². The van der Waals surface area contributed by atoms with E-state index in [1.165, 1.54) is 0 Å². The van der Waals surface area contributed by atoms with Crippen molar-refractivity contribution in [1.29, 1.82) is 0 Å². The summed E-state index contributed by atoms with van der Waals surface area (Å²) < 4.78 is 54.8. The van der Waals surface area contributed by atoms with Crippen LogP contribution in [0.15, 0.2) is 0 Å². The molecule has 0 N–H and O–H groups in total. The van der Waals surface area contributed by atoms with Crippen molar-refractivity contribution >= 4 is 0 Å². The fourth-order valence-corrected chi connectivity index (χ4v) is 2.68. The van der Waals surface area contributed by atoms with Gasteiger partial charge in [0.15, 0.2) is 0 Å². The Morgan fingerprint density at radius 3 is 0.605 bits per heavy atom. The smallest absolute Gasteiger partial charge is 0.0701 e. The molecule has 2 unspecified atom stereocenters. The van der Waals surface area contributed by atoms with E-state index in [1.807, 2.05) is 0 Å². The molecule has 38 heavy (non-hydrogen) atoms. The Hall–Kier alpha value is -0.400. The zero-order valence-electron chi connectivity index (χ0n) is 24.8. The predicted octanol–water partition coefficient (Wildman–Crippen LogP) is 3.24. The standard InChI is InChI=1S/C28H58O10/c1-5-27(3)25-37-23-21-35-19-17-33-15-13-31-11-9-29-7-8-30-10-12-32-14-16-34-18-20-36-22-24-38-26-28(4)6-2/h27-28H,5-26H2,1-4H3. The Morgan fingerprint density at radius 2 is 0.447 bits per heavy atom. The summed E-state index contributed by atoms with van der Waals surface area (Å²) in [5, 5.41) is 0. The lowest BCUT2D eigenvalue weighted by Gasteiger charge is -2.10. The van der Waals surface area contributed by atoms with Crippen molar-refractivity contribution in [2.24, 2.45) is 11.8 Å². The van der Waals surface area contributed by atoms with Crippen molar-refractivity contribution in [2.75, 3.05) is 132 Å². The van der Waals surface area contributed by atoms with Crippen LogP contribution in [0.2, 0.25) is 0 Å². The summed E-state index contributed by atoms with van der Waals surface area (Å²) >= 11 is 0. The monoisotopic (exact) mass is 554 g/mol. The molecular weight excluding hydrogens is 496 g/mol. The van der Waals surface area contributed by atoms with Crippen LogP contribution in [0.3, 0.4) is 0 Å². The summed E-state index contributed by atoms with van der Waals surface area (Å²) in [6.45, 7) is 20.4. The second kappa shape index (κ2) is 32.8. The minimum absolute atomic E-state index is 0.532. The fraction of sp³-hybridized carbons (Fsp3) is 1.00. The molecule has 10 nitrogen and oxygen atoms in total. The van der Waals surface area contributed by atoms with Crippen LogP contribution in [0.25, 0.3) is 0 Å². The second-order valence-corrected chi connectivity index (χ2v) is 9.08. The lowest BCUT2D eigenvalue weighted by Crippen LogP contribution is -2.15. The minimum atomic E-state index is 0.532. The topological polar surface area (TPSA) is 92.3 Å². The molecule has 0 heterocycles. The maximum absolute atomic E-state index is 5.53. The Balaban J connectivity index is 3.05. The van der Waals surface area contributed by atoms with Crippen molar-refractivity contribution in [3.05, 3.63) is 0 Å². The molecule has 0 aliphatic heterocycles. The van der Waals surface area contributed by atoms with Gasteiger partial charge in [-0.25, -0.2) is 0 Å². The van der Waals surface area contributed by atoms with E-state index in [4.69, 9.17) is 47.4 Å². The first-order chi connectivity index (χ1) is 18.7. The molecule has 0 saturated carbocycles. The number of rotatable bonds is 33. The van der Waals surface area contributed by atoms with E-state index in [2.05, 4.69) is 27.7 Å². The van der Waals surface area contributed by atoms with Gasteiger partial charge in [-0.1, -0.05) is 40.5 Å². The van der Waals surface area contributed by atoms with Gasteiger partial charge in [-0.3, -0.25) is 0 Å². The van der Waals surface area contributed by atoms with Gasteiger partial charge in [0.25, 0.3) is 0 Å². The third-order valence-corrected chi connectivity index (χ3v) is 5.55. The molecule has 0 aromatic rings. The van der Waals surface area contributed by atoms with Gasteiger partial charge in [0, 0.05) is 13.2 Å². The Labute approximate surface area is 232 Å². The van der Waals surface area contributed by atoms with Gasteiger partial charge >= 0.3 is 0 Å². The maximum Gasteiger partial charge on any atom is 0.0701 e. The summed E-state index contributed by atoms with van der Waals surface area (Å²) in [7, 11) is 0. The third kappa shape index (κ3) is 31.8. The van der Waals surface area contributed by atoms with Crippen molar-refractivity contribution < 1.29 is 47.4 Å². The van der Waals surface area contributed by atoms with Crippen molar-refractivity contribution in [3.63, 3.8) is 0 Å². The molecule has 0 rings (SSSR count). The van der Waals surface area contributed by atoms with E-state index in [9.17, 15) is 0 Å². The number of hydrogen-bond acceptors (Lipinski definition) is 10. The molecule has 0 fully saturated rings. The van der Waals surface area contributed by atoms with Crippen molar-refractivity contribution in [1.82, 2.24) is 0 Å². The Bertz CT molecular complexity index is 392. The normalized spacial score (nSPS) is 13.3. The molecule has 0 saturated heterocycles. The van der Waals surface area contributed by atoms with E-state index >= 15 is 0 Å². The van der Waals surface area contributed by atoms with Crippen LogP contribution in [0.4, 0.5) is 0 Å². The molecule has 230 valence electrons. The zero-order valence-corrected chi connectivity index (χ0v) is 24.8. The molecule has 0 bridgehead atoms. The Morgan fingerprint density at radius 1 is 0.289 bits per heavy atom. The van der Waals surface area contributed by atoms with Crippen molar-refractivity contribution in [3.8, 4) is 0 Å². The average molecular weight is 555 g/mol. The first kappa shape index (κ1) is 37.6. The molecule has 0 aromatic carbocycles. The molecule has 0 spiro atoms. The van der Waals surface area contributed by atoms with E-state index in [-0.39, 0.29) is 0 Å². The van der Waals surface area contributed by atoms with Gasteiger partial charge in [0.05, 0.1) is 119 Å². The molecule has 2 atom stereocenters. The summed E-state index contributed by atoms with van der Waals surface area (Å²) in [5.41, 5.74) is 0. The first-order valence-electron chi connectivity index (χ1n) is 14.5. The highest BCUT2D eigenvalue weighted by atomic mass is 16.6. The van der Waals surface area contributed by atoms with Crippen LogP contribution >= 0.6 is 0 Å². The summed E-state index contributed by atoms with van der Waals surface area (Å²) in [5.74, 6) is 1.21. The lowest BCUT2D eigenvalue weighted by atomic mass is 10.1. The summed E-state index contributed by atoms with van der Waals surface area (Å²) in [4.78, 5) is 0. The molecule has 0 aromatic heterocycles. The van der Waals surface area contributed by atoms with Crippen LogP contribution in [0.1, 0.15) is 40.5 Å². The van der Waals surface area contributed by atoms with Gasteiger partial charge in [-0.05, 0) is 11.8 Å². The van der Waals surface area contributed by atoms with Crippen LogP contribution in [0.5, 0.6) is 0 Å². The van der Waals surface area contributed by atoms with E-state index in [0.717, 1.165) is 26.1 Å². The SMILES string of the molecule is CCC(C)COCCOCCOCCOCCOCCOCCOCCOCCOCCOCC(C)CC. The summed E-state index contributed by atoms with van der Waals surface area (Å²) in [6.07, 6.45) is 2.27. The third-order valence-electron chi connectivity index (χ3n) is 5.55. The Kier molecular flexibility index (Phi) is 32.5. The molecule has 0 aliphatic rings. The average Bonchev–Trinajstić information content (AvgIpc) is 2.93. The van der Waals surface area contributed by atoms with Gasteiger partial charge in [-0.2, -0.15) is 0 Å². The van der Waals surface area contributed by atoms with Gasteiger partial charge in [-0.15, -0.1) is 0 Å². The van der Waals surface area contributed by atoms with Gasteiger partial charge in [0.2, 0.25) is 0 Å². The van der Waals surface area contributed by atoms with E-state index in [0.29, 0.717) is 131 Å². The van der Waals surface area contributed by atoms with Gasteiger partial charge < -0.3 is 47.4 Å². The lowest BCUT2D eigenvalue weighted by molar-refractivity contribution is -0.0272. The molecule has 0 radical (unpaired) electrons. The predicted molar refractivity (Wildman–Crippen MR) is 147 cm³/mol. The summed E-state index contributed by atoms with van der Waals surface area (Å²) in [6, 6.07) is 0. The maximum atomic E-state index is 5.53. The second-order valence-electron chi connectivity index (χ2n) is 9.08.